The van der Waals surface area contributed by atoms with Gasteiger partial charge in [-0.3, -0.25) is 11.0 Å². The van der Waals surface area contributed by atoms with E-state index in [9.17, 15) is 17.4 Å². The van der Waals surface area contributed by atoms with Crippen molar-refractivity contribution in [2.45, 2.75) is 5.51 Å². The molecule has 0 radical (unpaired) electrons. The first-order chi connectivity index (χ1) is 4.63. The van der Waals surface area contributed by atoms with Crippen molar-refractivity contribution in [2.24, 2.45) is 11.0 Å². The van der Waals surface area contributed by atoms with Crippen LogP contribution in [0.5, 0.6) is 0 Å². The Morgan fingerprint density at radius 1 is 1.45 bits per heavy atom. The summed E-state index contributed by atoms with van der Waals surface area (Å²) in [6, 6.07) is 0. The molecule has 0 aliphatic carbocycles. The summed E-state index contributed by atoms with van der Waals surface area (Å²) >= 11 is 4.19. The van der Waals surface area contributed by atoms with Gasteiger partial charge in [0.2, 0.25) is 11.0 Å². The maximum atomic E-state index is 11.5. The lowest BCUT2D eigenvalue weighted by molar-refractivity contribution is -0.0388. The van der Waals surface area contributed by atoms with Gasteiger partial charge in [0.25, 0.3) is 0 Å². The van der Waals surface area contributed by atoms with Crippen molar-refractivity contribution in [3.8, 4) is 0 Å². The molecule has 11 heavy (non-hydrogen) atoms. The van der Waals surface area contributed by atoms with E-state index >= 15 is 0 Å². The molecular weight excluding hydrogens is 222 g/mol. The van der Waals surface area contributed by atoms with Gasteiger partial charge in [-0.2, -0.15) is 17.7 Å². The van der Waals surface area contributed by atoms with Crippen LogP contribution in [0.3, 0.4) is 0 Å². The molecule has 0 rings (SSSR count). The van der Waals surface area contributed by atoms with E-state index in [2.05, 4.69) is 11.8 Å². The fourth-order valence-corrected chi connectivity index (χ4v) is 2.24. The average molecular weight is 227 g/mol. The minimum atomic E-state index is -4.87. The van der Waals surface area contributed by atoms with Crippen LogP contribution in [0.4, 0.5) is 13.2 Å². The predicted molar refractivity (Wildman–Crippen MR) is 40.0 cm³/mol. The molecule has 0 spiro atoms. The van der Waals surface area contributed by atoms with Gasteiger partial charge in [0.15, 0.2) is 0 Å². The number of rotatable bonds is 2. The summed E-state index contributed by atoms with van der Waals surface area (Å²) in [6.07, 6.45) is 0. The summed E-state index contributed by atoms with van der Waals surface area (Å²) in [5.74, 6) is 0. The van der Waals surface area contributed by atoms with E-state index < -0.39 is 23.0 Å². The molecule has 0 aromatic heterocycles. The van der Waals surface area contributed by atoms with E-state index in [0.717, 1.165) is 0 Å². The second kappa shape index (κ2) is 3.46. The van der Waals surface area contributed by atoms with Crippen molar-refractivity contribution < 1.29 is 17.4 Å². The average Bonchev–Trinajstić information content (AvgIpc) is 1.56. The third kappa shape index (κ3) is 5.71. The first-order valence-corrected chi connectivity index (χ1v) is 6.15. The molecule has 4 nitrogen and oxygen atoms in total. The first-order valence-electron chi connectivity index (χ1n) is 2.06. The second-order valence-corrected chi connectivity index (χ2v) is 6.48. The van der Waals surface area contributed by atoms with Gasteiger partial charge in [-0.25, -0.2) is 4.21 Å². The maximum absolute atomic E-state index is 11.5. The van der Waals surface area contributed by atoms with Crippen LogP contribution < -0.4 is 15.5 Å². The molecule has 0 amide bonds. The zero-order valence-electron chi connectivity index (χ0n) is 4.96. The van der Waals surface area contributed by atoms with Crippen molar-refractivity contribution in [2.75, 3.05) is 0 Å². The van der Waals surface area contributed by atoms with Crippen LogP contribution in [0, 0.1) is 0 Å². The van der Waals surface area contributed by atoms with Crippen LogP contribution in [0.1, 0.15) is 0 Å². The zero-order valence-corrected chi connectivity index (χ0v) is 7.49. The van der Waals surface area contributed by atoms with Crippen molar-refractivity contribution >= 4 is 29.3 Å². The van der Waals surface area contributed by atoms with Crippen LogP contribution in [-0.4, -0.2) is 9.72 Å². The second-order valence-electron chi connectivity index (χ2n) is 1.52. The lowest BCUT2D eigenvalue weighted by Crippen LogP contribution is -2.32. The van der Waals surface area contributed by atoms with E-state index in [1.165, 1.54) is 4.49 Å². The number of alkyl halides is 3. The molecule has 68 valence electrons. The Morgan fingerprint density at radius 2 is 1.82 bits per heavy atom. The molecule has 1 unspecified atom stereocenters. The third-order valence-electron chi connectivity index (χ3n) is 0.436. The zero-order chi connectivity index (χ0) is 9.28. The normalized spacial score (nSPS) is 16.5. The predicted octanol–water partition coefficient (Wildman–Crippen LogP) is -0.0986. The van der Waals surface area contributed by atoms with Crippen molar-refractivity contribution in [1.82, 2.24) is 4.49 Å². The van der Waals surface area contributed by atoms with Crippen LogP contribution in [0.2, 0.25) is 0 Å². The highest BCUT2D eigenvalue weighted by Gasteiger charge is 2.38. The highest BCUT2D eigenvalue weighted by molar-refractivity contribution is 8.15. The molecule has 0 saturated heterocycles. The molecule has 0 fully saturated rings. The number of hydrogen-bond donors (Lipinski definition) is 3. The Bertz CT molecular complexity index is 209. The fourth-order valence-electron chi connectivity index (χ4n) is 0.181. The van der Waals surface area contributed by atoms with Crippen LogP contribution in [0.25, 0.3) is 0 Å². The third-order valence-corrected chi connectivity index (χ3v) is 3.33. The molecular formula is CH5F3N3OPS2. The van der Waals surface area contributed by atoms with Gasteiger partial charge in [0.1, 0.15) is 6.49 Å². The molecule has 5 N–H and O–H groups in total. The van der Waals surface area contributed by atoms with Gasteiger partial charge < -0.3 is 0 Å². The summed E-state index contributed by atoms with van der Waals surface area (Å²) in [7, 11) is -3.26. The Labute approximate surface area is 68.3 Å². The number of halogens is 3. The van der Waals surface area contributed by atoms with Crippen molar-refractivity contribution in [1.29, 1.82) is 0 Å². The number of nitrogens with one attached hydrogen (secondary N) is 1. The monoisotopic (exact) mass is 227 g/mol. The summed E-state index contributed by atoms with van der Waals surface area (Å²) < 4.78 is 46.0. The van der Waals surface area contributed by atoms with Gasteiger partial charge in [0, 0.05) is 0 Å². The Kier molecular flexibility index (Phi) is 3.61. The molecule has 1 atom stereocenters. The van der Waals surface area contributed by atoms with Gasteiger partial charge in [-0.05, 0) is 11.8 Å². The van der Waals surface area contributed by atoms with E-state index in [1.54, 1.807) is 0 Å². The quantitative estimate of drug-likeness (QED) is 0.575. The number of nitrogens with two attached hydrogens (primary N) is 2. The van der Waals surface area contributed by atoms with Gasteiger partial charge in [-0.15, -0.1) is 0 Å². The molecule has 0 heterocycles. The molecule has 0 aliphatic heterocycles. The Hall–Kier alpha value is 0.470. The molecule has 0 aromatic carbocycles. The van der Waals surface area contributed by atoms with Gasteiger partial charge in [0.05, 0.1) is 0 Å². The Morgan fingerprint density at radius 3 is 1.91 bits per heavy atom. The largest absolute Gasteiger partial charge is 0.486 e. The molecule has 0 bridgehead atoms. The summed E-state index contributed by atoms with van der Waals surface area (Å²) in [6.45, 7) is -3.26. The smallest absolute Gasteiger partial charge is 0.279 e. The number of hydrogen-bond acceptors (Lipinski definition) is 2. The minimum absolute atomic E-state index is 1.39. The van der Waals surface area contributed by atoms with E-state index in [1.807, 2.05) is 0 Å². The van der Waals surface area contributed by atoms with E-state index in [4.69, 9.17) is 11.0 Å². The Balaban J connectivity index is 4.23. The lowest BCUT2D eigenvalue weighted by Gasteiger charge is -2.12. The molecule has 0 aliphatic rings. The molecule has 10 heteroatoms. The SMILES string of the molecule is NP(N)(=S)NS(=O)C(F)(F)F. The highest BCUT2D eigenvalue weighted by Crippen LogP contribution is 2.26. The van der Waals surface area contributed by atoms with E-state index in [-0.39, 0.29) is 0 Å². The standard InChI is InChI=1S/CH5F3N3OPS2/c2-1(3,4)11(8)7-9(5,6)10/h(H5,5,6,7,10). The first kappa shape index (κ1) is 11.5. The molecule has 0 saturated carbocycles. The fraction of sp³-hybridized carbons (Fsp3) is 1.00. The maximum Gasteiger partial charge on any atom is 0.486 e. The highest BCUT2D eigenvalue weighted by atomic mass is 32.5. The van der Waals surface area contributed by atoms with Gasteiger partial charge >= 0.3 is 5.51 Å². The topological polar surface area (TPSA) is 81.1 Å². The molecule has 0 aromatic rings. The van der Waals surface area contributed by atoms with Crippen molar-refractivity contribution in [3.63, 3.8) is 0 Å². The van der Waals surface area contributed by atoms with Gasteiger partial charge in [-0.1, -0.05) is 0 Å². The van der Waals surface area contributed by atoms with Crippen molar-refractivity contribution in [3.05, 3.63) is 0 Å². The van der Waals surface area contributed by atoms with Crippen LogP contribution >= 0.6 is 6.49 Å². The van der Waals surface area contributed by atoms with Crippen LogP contribution in [-0.2, 0) is 22.8 Å². The minimum Gasteiger partial charge on any atom is -0.279 e. The summed E-state index contributed by atoms with van der Waals surface area (Å²) in [4.78, 5) is 0. The lowest BCUT2D eigenvalue weighted by atomic mass is 11.6. The summed E-state index contributed by atoms with van der Waals surface area (Å²) in [5.41, 5.74) is 4.79. The van der Waals surface area contributed by atoms with Crippen LogP contribution in [0.15, 0.2) is 0 Å². The summed E-state index contributed by atoms with van der Waals surface area (Å²) in [5, 5.41) is 0. The van der Waals surface area contributed by atoms with E-state index in [0.29, 0.717) is 0 Å².